The highest BCUT2D eigenvalue weighted by Crippen LogP contribution is 2.39. The lowest BCUT2D eigenvalue weighted by molar-refractivity contribution is -0.146. The van der Waals surface area contributed by atoms with Gasteiger partial charge in [0.15, 0.2) is 0 Å². The summed E-state index contributed by atoms with van der Waals surface area (Å²) >= 11 is 0. The molecule has 0 spiro atoms. The van der Waals surface area contributed by atoms with E-state index in [0.29, 0.717) is 18.7 Å². The Hall–Kier alpha value is -2.28. The number of carbonyl (C=O) groups excluding carboxylic acids is 2. The number of amides is 1. The largest absolute Gasteiger partial charge is 0.513 e. The maximum absolute atomic E-state index is 11.9. The third-order valence-corrected chi connectivity index (χ3v) is 7.16. The predicted molar refractivity (Wildman–Crippen MR) is 151 cm³/mol. The maximum atomic E-state index is 11.9. The zero-order valence-electron chi connectivity index (χ0n) is 23.8. The monoisotopic (exact) mass is 533 g/mol. The molecule has 0 aromatic heterocycles. The first-order valence-corrected chi connectivity index (χ1v) is 15.0. The second kappa shape index (κ2) is 20.7. The van der Waals surface area contributed by atoms with Gasteiger partial charge in [0.25, 0.3) is 0 Å². The third kappa shape index (κ3) is 14.0. The molecule has 0 radical (unpaired) electrons. The van der Waals surface area contributed by atoms with Gasteiger partial charge >= 0.3 is 12.2 Å². The fourth-order valence-electron chi connectivity index (χ4n) is 4.82. The van der Waals surface area contributed by atoms with Gasteiger partial charge in [-0.05, 0) is 12.5 Å². The number of hydrogen-bond donors (Lipinski definition) is 1. The van der Waals surface area contributed by atoms with Gasteiger partial charge in [0, 0.05) is 18.5 Å². The topological polar surface area (TPSA) is 83.1 Å². The molecule has 1 heterocycles. The van der Waals surface area contributed by atoms with Crippen LogP contribution in [0.2, 0.25) is 0 Å². The van der Waals surface area contributed by atoms with Gasteiger partial charge in [-0.2, -0.15) is 0 Å². The summed E-state index contributed by atoms with van der Waals surface area (Å²) in [5.41, 5.74) is 0.780. The molecule has 1 amide bonds. The zero-order valence-corrected chi connectivity index (χ0v) is 23.8. The molecule has 7 heteroatoms. The highest BCUT2D eigenvalue weighted by molar-refractivity contribution is 5.67. The van der Waals surface area contributed by atoms with Crippen LogP contribution in [0.4, 0.5) is 9.59 Å². The lowest BCUT2D eigenvalue weighted by atomic mass is 9.97. The van der Waals surface area contributed by atoms with Crippen LogP contribution in [-0.2, 0) is 14.2 Å². The first kappa shape index (κ1) is 31.9. The Labute approximate surface area is 230 Å². The molecule has 2 rings (SSSR count). The number of nitrogens with one attached hydrogen (secondary N) is 1. The number of carbonyl (C=O) groups is 2. The molecule has 1 N–H and O–H groups in total. The molecule has 1 aromatic carbocycles. The Balaban J connectivity index is 1.36. The number of alkyl carbamates (subject to hydrolysis) is 1. The van der Waals surface area contributed by atoms with Crippen molar-refractivity contribution >= 4 is 12.2 Å². The number of unbranched alkanes of at least 4 members (excludes halogenated alkanes) is 15. The van der Waals surface area contributed by atoms with Gasteiger partial charge in [-0.3, -0.25) is 0 Å². The minimum absolute atomic E-state index is 0.160. The number of hydrogen-bond acceptors (Lipinski definition) is 6. The maximum Gasteiger partial charge on any atom is 0.513 e. The molecule has 1 aromatic rings. The van der Waals surface area contributed by atoms with Crippen LogP contribution in [0.5, 0.6) is 5.75 Å². The van der Waals surface area contributed by atoms with E-state index in [1.165, 1.54) is 97.0 Å². The molecule has 2 unspecified atom stereocenters. The van der Waals surface area contributed by atoms with E-state index < -0.39 is 12.2 Å². The zero-order chi connectivity index (χ0) is 27.3. The van der Waals surface area contributed by atoms with E-state index in [0.717, 1.165) is 18.4 Å². The number of ether oxygens (including phenoxy) is 4. The highest BCUT2D eigenvalue weighted by atomic mass is 16.7. The second-order valence-corrected chi connectivity index (χ2v) is 10.4. The van der Waals surface area contributed by atoms with Crippen molar-refractivity contribution in [2.75, 3.05) is 20.3 Å². The summed E-state index contributed by atoms with van der Waals surface area (Å²) in [4.78, 5) is 23.4. The Morgan fingerprint density at radius 3 is 1.92 bits per heavy atom. The average Bonchev–Trinajstić information content (AvgIpc) is 2.90. The molecule has 0 saturated carbocycles. The van der Waals surface area contributed by atoms with Gasteiger partial charge in [-0.25, -0.2) is 9.59 Å². The summed E-state index contributed by atoms with van der Waals surface area (Å²) < 4.78 is 20.9. The van der Waals surface area contributed by atoms with Crippen LogP contribution >= 0.6 is 0 Å². The molecule has 2 atom stereocenters. The summed E-state index contributed by atoms with van der Waals surface area (Å²) in [6.07, 6.45) is 20.5. The lowest BCUT2D eigenvalue weighted by Crippen LogP contribution is -2.37. The fourth-order valence-corrected chi connectivity index (χ4v) is 4.82. The fraction of sp³-hybridized carbons (Fsp3) is 0.742. The van der Waals surface area contributed by atoms with Crippen molar-refractivity contribution in [2.24, 2.45) is 0 Å². The van der Waals surface area contributed by atoms with E-state index in [-0.39, 0.29) is 18.8 Å². The standard InChI is InChI=1S/C31H51NO6/c1-3-4-5-6-7-8-9-10-11-12-13-14-15-16-17-20-23-32-30(33)36-25-26-24-29(37-26)27-21-18-19-22-28(27)38-31(34)35-2/h18-19,21-22,26,29H,3-17,20,23-25H2,1-2H3,(H,32,33). The second-order valence-electron chi connectivity index (χ2n) is 10.4. The van der Waals surface area contributed by atoms with Crippen molar-refractivity contribution in [3.05, 3.63) is 29.8 Å². The molecule has 1 fully saturated rings. The lowest BCUT2D eigenvalue weighted by Gasteiger charge is -2.36. The SMILES string of the molecule is CCCCCCCCCCCCCCCCCCNC(=O)OCC1CC(c2ccccc2OC(=O)OC)O1. The van der Waals surface area contributed by atoms with Crippen LogP contribution in [0.15, 0.2) is 24.3 Å². The van der Waals surface area contributed by atoms with Crippen LogP contribution in [0.1, 0.15) is 128 Å². The average molecular weight is 534 g/mol. The van der Waals surface area contributed by atoms with Crippen molar-refractivity contribution < 1.29 is 28.5 Å². The quantitative estimate of drug-likeness (QED) is 0.0967. The molecule has 38 heavy (non-hydrogen) atoms. The van der Waals surface area contributed by atoms with Crippen LogP contribution in [0.3, 0.4) is 0 Å². The van der Waals surface area contributed by atoms with E-state index in [1.54, 1.807) is 12.1 Å². The van der Waals surface area contributed by atoms with E-state index >= 15 is 0 Å². The van der Waals surface area contributed by atoms with Crippen molar-refractivity contribution in [2.45, 2.75) is 128 Å². The molecule has 1 saturated heterocycles. The Morgan fingerprint density at radius 1 is 0.842 bits per heavy atom. The highest BCUT2D eigenvalue weighted by Gasteiger charge is 2.34. The summed E-state index contributed by atoms with van der Waals surface area (Å²) in [5.74, 6) is 0.417. The van der Waals surface area contributed by atoms with Gasteiger partial charge in [0.05, 0.1) is 19.3 Å². The third-order valence-electron chi connectivity index (χ3n) is 7.16. The molecule has 7 nitrogen and oxygen atoms in total. The number of benzene rings is 1. The summed E-state index contributed by atoms with van der Waals surface area (Å²) in [6, 6.07) is 7.19. The Morgan fingerprint density at radius 2 is 1.37 bits per heavy atom. The van der Waals surface area contributed by atoms with E-state index in [2.05, 4.69) is 17.0 Å². The summed E-state index contributed by atoms with van der Waals surface area (Å²) in [7, 11) is 1.27. The van der Waals surface area contributed by atoms with E-state index in [1.807, 2.05) is 12.1 Å². The smallest absolute Gasteiger partial charge is 0.447 e. The Bertz CT molecular complexity index is 764. The van der Waals surface area contributed by atoms with Crippen molar-refractivity contribution in [1.29, 1.82) is 0 Å². The predicted octanol–water partition coefficient (Wildman–Crippen LogP) is 8.65. The van der Waals surface area contributed by atoms with Crippen LogP contribution in [0, 0.1) is 0 Å². The minimum Gasteiger partial charge on any atom is -0.447 e. The van der Waals surface area contributed by atoms with Crippen molar-refractivity contribution in [1.82, 2.24) is 5.32 Å². The van der Waals surface area contributed by atoms with E-state index in [4.69, 9.17) is 14.2 Å². The molecule has 216 valence electrons. The number of rotatable bonds is 21. The van der Waals surface area contributed by atoms with Gasteiger partial charge in [0.1, 0.15) is 12.4 Å². The van der Waals surface area contributed by atoms with Crippen LogP contribution < -0.4 is 10.1 Å². The first-order chi connectivity index (χ1) is 18.6. The summed E-state index contributed by atoms with van der Waals surface area (Å²) in [6.45, 7) is 3.13. The van der Waals surface area contributed by atoms with Crippen LogP contribution in [-0.4, -0.2) is 38.6 Å². The minimum atomic E-state index is -0.766. The molecule has 0 bridgehead atoms. The van der Waals surface area contributed by atoms with Crippen molar-refractivity contribution in [3.8, 4) is 5.75 Å². The normalized spacial score (nSPS) is 16.5. The van der Waals surface area contributed by atoms with Gasteiger partial charge in [-0.1, -0.05) is 121 Å². The van der Waals surface area contributed by atoms with Crippen LogP contribution in [0.25, 0.3) is 0 Å². The molecular weight excluding hydrogens is 482 g/mol. The number of methoxy groups -OCH3 is 1. The molecular formula is C31H51NO6. The number of para-hydroxylation sites is 1. The molecule has 0 aliphatic carbocycles. The van der Waals surface area contributed by atoms with E-state index in [9.17, 15) is 9.59 Å². The van der Waals surface area contributed by atoms with Gasteiger partial charge in [-0.15, -0.1) is 0 Å². The Kier molecular flexibility index (Phi) is 17.4. The molecule has 1 aliphatic rings. The summed E-state index contributed by atoms with van der Waals surface area (Å²) in [5, 5.41) is 2.83. The molecule has 1 aliphatic heterocycles. The van der Waals surface area contributed by atoms with Gasteiger partial charge < -0.3 is 24.3 Å². The first-order valence-electron chi connectivity index (χ1n) is 15.0. The van der Waals surface area contributed by atoms with Crippen molar-refractivity contribution in [3.63, 3.8) is 0 Å². The van der Waals surface area contributed by atoms with Gasteiger partial charge in [0.2, 0.25) is 0 Å².